The number of benzene rings is 6. The molecular formula is C64H66F2N4O14P2. The Kier molecular flexibility index (Phi) is 21.3. The van der Waals surface area contributed by atoms with Crippen LogP contribution in [0.3, 0.4) is 0 Å². The van der Waals surface area contributed by atoms with Crippen LogP contribution >= 0.6 is 15.2 Å². The van der Waals surface area contributed by atoms with Crippen molar-refractivity contribution in [2.45, 2.75) is 67.2 Å². The minimum absolute atomic E-state index is 0. The fourth-order valence-electron chi connectivity index (χ4n) is 9.99. The zero-order chi connectivity index (χ0) is 60.3. The summed E-state index contributed by atoms with van der Waals surface area (Å²) in [5, 5.41) is 11.7. The Labute approximate surface area is 497 Å². The molecule has 2 aliphatic rings. The third-order valence-corrected chi connectivity index (χ3v) is 18.0. The zero-order valence-electron chi connectivity index (χ0n) is 47.1. The van der Waals surface area contributed by atoms with Gasteiger partial charge >= 0.3 is 15.2 Å². The third kappa shape index (κ3) is 14.0. The first-order valence-corrected chi connectivity index (χ1v) is 31.2. The maximum Gasteiger partial charge on any atom is 0.330 e. The van der Waals surface area contributed by atoms with Crippen molar-refractivity contribution in [3.8, 4) is 23.0 Å². The first kappa shape index (κ1) is 63.8. The molecule has 10 rings (SSSR count). The van der Waals surface area contributed by atoms with Gasteiger partial charge in [-0.2, -0.15) is 0 Å². The number of halogens is 2. The second-order valence-corrected chi connectivity index (χ2v) is 23.7. The number of aromatic hydroxyl groups is 1. The molecule has 18 nitrogen and oxygen atoms in total. The van der Waals surface area contributed by atoms with Crippen LogP contribution in [0.1, 0.15) is 118 Å². The molecule has 22 heteroatoms. The van der Waals surface area contributed by atoms with Crippen LogP contribution in [0.25, 0.3) is 21.8 Å². The first-order chi connectivity index (χ1) is 41.1. The summed E-state index contributed by atoms with van der Waals surface area (Å²) in [7, 11) is -6.61. The Morgan fingerprint density at radius 2 is 0.860 bits per heavy atom. The molecule has 0 fully saturated rings. The van der Waals surface area contributed by atoms with Crippen LogP contribution in [0, 0.1) is 11.6 Å². The van der Waals surface area contributed by atoms with E-state index in [1.165, 1.54) is 54.7 Å². The molecule has 4 heterocycles. The molecule has 0 radical (unpaired) electrons. The number of amides is 4. The van der Waals surface area contributed by atoms with Crippen LogP contribution in [-0.4, -0.2) is 100 Å². The van der Waals surface area contributed by atoms with Gasteiger partial charge in [0.15, 0.2) is 11.5 Å². The number of fused-ring (bicyclic) bond motifs is 4. The van der Waals surface area contributed by atoms with Crippen molar-refractivity contribution < 1.29 is 74.5 Å². The Bertz CT molecular complexity index is 3770. The summed E-state index contributed by atoms with van der Waals surface area (Å²) in [5.41, 5.74) is 3.03. The molecule has 1 N–H and O–H groups in total. The predicted octanol–water partition coefficient (Wildman–Crippen LogP) is 13.9. The van der Waals surface area contributed by atoms with Crippen molar-refractivity contribution in [3.63, 3.8) is 0 Å². The molecule has 0 atom stereocenters. The largest absolute Gasteiger partial charge is 0.505 e. The lowest BCUT2D eigenvalue weighted by atomic mass is 9.99. The number of hydrogen-bond acceptors (Lipinski definition) is 16. The van der Waals surface area contributed by atoms with E-state index in [4.69, 9.17) is 32.3 Å². The van der Waals surface area contributed by atoms with Crippen LogP contribution in [0.4, 0.5) is 8.78 Å². The van der Waals surface area contributed by atoms with Crippen molar-refractivity contribution in [2.24, 2.45) is 0 Å². The molecule has 4 amide bonds. The maximum absolute atomic E-state index is 14.4. The van der Waals surface area contributed by atoms with Crippen LogP contribution in [-0.2, 0) is 40.3 Å². The summed E-state index contributed by atoms with van der Waals surface area (Å²) < 4.78 is 93.4. The molecule has 0 bridgehead atoms. The SMILES string of the molecule is C.CCOP(=O)(CCCOc1c2c(c(O)c3ncccc13)C(=O)N(Cc1ccc(F)cc1)C2=O)OCC.CCOP(=O)(CCCOc1c2c(c(OC(c3ccccc3)c3ccccc3)c3ncccc13)C(=O)N(Cc1ccc(F)cc1)C2=O)OCC. The Hall–Kier alpha value is -8.22. The van der Waals surface area contributed by atoms with E-state index in [-0.39, 0.29) is 130 Å². The lowest BCUT2D eigenvalue weighted by molar-refractivity contribution is 0.0624. The predicted molar refractivity (Wildman–Crippen MR) is 320 cm³/mol. The smallest absolute Gasteiger partial charge is 0.330 e. The summed E-state index contributed by atoms with van der Waals surface area (Å²) >= 11 is 0. The quantitative estimate of drug-likeness (QED) is 0.0303. The molecule has 0 aliphatic carbocycles. The molecule has 6 aromatic carbocycles. The highest BCUT2D eigenvalue weighted by Crippen LogP contribution is 2.51. The number of phenolic OH excluding ortho intramolecular Hbond substituents is 1. The third-order valence-electron chi connectivity index (χ3n) is 13.7. The first-order valence-electron chi connectivity index (χ1n) is 27.7. The van der Waals surface area contributed by atoms with Gasteiger partial charge in [-0.05, 0) is 111 Å². The number of carbonyl (C=O) groups excluding carboxylic acids is 4. The molecule has 8 aromatic rings. The minimum atomic E-state index is -3.33. The number of ether oxygens (including phenoxy) is 3. The minimum Gasteiger partial charge on any atom is -0.505 e. The van der Waals surface area contributed by atoms with Gasteiger partial charge in [-0.15, -0.1) is 0 Å². The average molecular weight is 1220 g/mol. The van der Waals surface area contributed by atoms with Gasteiger partial charge in [0.25, 0.3) is 23.6 Å². The second kappa shape index (κ2) is 28.8. The summed E-state index contributed by atoms with van der Waals surface area (Å²) in [6.45, 7) is 7.77. The van der Waals surface area contributed by atoms with E-state index >= 15 is 0 Å². The fraction of sp³-hybridized carbons (Fsp3) is 0.281. The lowest BCUT2D eigenvalue weighted by Crippen LogP contribution is -2.29. The van der Waals surface area contributed by atoms with Crippen LogP contribution in [0.2, 0.25) is 0 Å². The number of imide groups is 2. The monoisotopic (exact) mass is 1210 g/mol. The fourth-order valence-corrected chi connectivity index (χ4v) is 13.3. The summed E-state index contributed by atoms with van der Waals surface area (Å²) in [6.07, 6.45) is 3.18. The summed E-state index contributed by atoms with van der Waals surface area (Å²) in [5.74, 6) is -3.38. The summed E-state index contributed by atoms with van der Waals surface area (Å²) in [6, 6.07) is 36.9. The van der Waals surface area contributed by atoms with Gasteiger partial charge < -0.3 is 37.4 Å². The Balaban J connectivity index is 0.000000231. The molecule has 2 aromatic heterocycles. The van der Waals surface area contributed by atoms with Crippen molar-refractivity contribution >= 4 is 60.6 Å². The second-order valence-electron chi connectivity index (χ2n) is 19.3. The van der Waals surface area contributed by atoms with Crippen LogP contribution in [0.5, 0.6) is 23.0 Å². The van der Waals surface area contributed by atoms with Crippen LogP contribution in [0.15, 0.2) is 146 Å². The number of rotatable bonds is 26. The van der Waals surface area contributed by atoms with E-state index in [2.05, 4.69) is 9.97 Å². The average Bonchev–Trinajstić information content (AvgIpc) is 1.74. The molecule has 2 aliphatic heterocycles. The van der Waals surface area contributed by atoms with Gasteiger partial charge in [-0.1, -0.05) is 92.4 Å². The molecule has 0 spiro atoms. The lowest BCUT2D eigenvalue weighted by Gasteiger charge is -2.23. The van der Waals surface area contributed by atoms with Gasteiger partial charge in [0, 0.05) is 23.2 Å². The van der Waals surface area contributed by atoms with E-state index in [1.807, 2.05) is 60.7 Å². The molecular weight excluding hydrogens is 1150 g/mol. The number of aromatic nitrogens is 2. The Morgan fingerprint density at radius 3 is 1.28 bits per heavy atom. The molecule has 0 unspecified atom stereocenters. The zero-order valence-corrected chi connectivity index (χ0v) is 48.9. The van der Waals surface area contributed by atoms with Gasteiger partial charge in [0.05, 0.1) is 76.2 Å². The topological polar surface area (TPSA) is 220 Å². The van der Waals surface area contributed by atoms with Crippen molar-refractivity contribution in [1.29, 1.82) is 0 Å². The number of pyridine rings is 2. The molecule has 450 valence electrons. The normalized spacial score (nSPS) is 13.0. The van der Waals surface area contributed by atoms with Gasteiger partial charge in [-0.25, -0.2) is 8.78 Å². The van der Waals surface area contributed by atoms with Crippen molar-refractivity contribution in [1.82, 2.24) is 19.8 Å². The van der Waals surface area contributed by atoms with E-state index in [0.29, 0.717) is 27.4 Å². The highest BCUT2D eigenvalue weighted by atomic mass is 31.2. The number of nitrogens with zero attached hydrogens (tertiary/aromatic N) is 4. The van der Waals surface area contributed by atoms with E-state index < -0.39 is 62.3 Å². The highest BCUT2D eigenvalue weighted by molar-refractivity contribution is 7.54. The number of carbonyl (C=O) groups is 4. The standard InChI is InChI=1S/C38H36FN2O7P.C25H26FN2O7P.CH4/c1-3-46-49(44,47-4-2)24-12-23-45-35-30-17-11-22-40-33(30)36(48-34(27-13-7-5-8-14-27)28-15-9-6-10-16-28)32-31(35)37(42)41(38(32)43)25-26-18-20-29(39)21-19-26;1-3-34-36(32,35-4-2)14-6-13-33-23-18-7-5-12-27-21(18)22(29)19-20(23)25(31)28(24(19)30)15-16-8-10-17(26)11-9-16;/h5-11,13-22,34H,3-4,12,23-25H2,1-2H3;5,7-12,29H,3-4,6,13-15H2,1-2H3;1H4. The molecule has 86 heavy (non-hydrogen) atoms. The maximum atomic E-state index is 14.4. The van der Waals surface area contributed by atoms with Gasteiger partial charge in [-0.3, -0.25) is 48.1 Å². The van der Waals surface area contributed by atoms with Crippen LogP contribution < -0.4 is 14.2 Å². The van der Waals surface area contributed by atoms with Gasteiger partial charge in [0.2, 0.25) is 0 Å². The summed E-state index contributed by atoms with van der Waals surface area (Å²) in [4.78, 5) is 66.1. The van der Waals surface area contributed by atoms with Gasteiger partial charge in [0.1, 0.15) is 51.4 Å². The van der Waals surface area contributed by atoms with E-state index in [0.717, 1.165) is 20.9 Å². The van der Waals surface area contributed by atoms with Crippen molar-refractivity contribution in [2.75, 3.05) is 52.0 Å². The van der Waals surface area contributed by atoms with E-state index in [1.54, 1.807) is 58.2 Å². The van der Waals surface area contributed by atoms with E-state index in [9.17, 15) is 42.2 Å². The van der Waals surface area contributed by atoms with Crippen molar-refractivity contribution in [3.05, 3.63) is 202 Å². The number of phenols is 1. The number of hydrogen-bond donors (Lipinski definition) is 1. The Morgan fingerprint density at radius 1 is 0.488 bits per heavy atom. The highest BCUT2D eigenvalue weighted by Gasteiger charge is 2.45. The molecule has 0 saturated heterocycles. The molecule has 0 saturated carbocycles.